The third kappa shape index (κ3) is 7.11. The molecule has 0 aromatic carbocycles. The van der Waals surface area contributed by atoms with Crippen LogP contribution in [0.3, 0.4) is 0 Å². The van der Waals surface area contributed by atoms with Crippen LogP contribution in [0.4, 0.5) is 0 Å². The maximum atomic E-state index is 11.3. The van der Waals surface area contributed by atoms with Crippen molar-refractivity contribution in [2.24, 2.45) is 5.92 Å². The highest BCUT2D eigenvalue weighted by atomic mass is 16.1. The van der Waals surface area contributed by atoms with E-state index in [0.717, 1.165) is 25.8 Å². The van der Waals surface area contributed by atoms with Crippen LogP contribution in [-0.2, 0) is 4.79 Å². The molecule has 0 radical (unpaired) electrons. The molecule has 3 nitrogen and oxygen atoms in total. The number of ketones is 1. The van der Waals surface area contributed by atoms with E-state index in [0.29, 0.717) is 18.0 Å². The monoisotopic (exact) mass is 212 g/mol. The molecular weight excluding hydrogens is 188 g/mol. The molecule has 0 saturated heterocycles. The number of hydrogen-bond donors (Lipinski definition) is 1. The lowest BCUT2D eigenvalue weighted by atomic mass is 10.0. The average Bonchev–Trinajstić information content (AvgIpc) is 2.16. The molecule has 0 saturated carbocycles. The van der Waals surface area contributed by atoms with Gasteiger partial charge in [0.05, 0.1) is 5.84 Å². The first-order chi connectivity index (χ1) is 6.95. The summed E-state index contributed by atoms with van der Waals surface area (Å²) in [4.78, 5) is 13.2. The number of nitrogens with one attached hydrogen (secondary N) is 1. The highest BCUT2D eigenvalue weighted by Crippen LogP contribution is 2.06. The van der Waals surface area contributed by atoms with Crippen molar-refractivity contribution in [3.8, 4) is 0 Å². The Morgan fingerprint density at radius 3 is 2.33 bits per heavy atom. The number of carbonyl (C=O) groups excluding carboxylic acids is 1. The third-order valence-electron chi connectivity index (χ3n) is 2.63. The number of nitrogens with zero attached hydrogens (tertiary/aromatic N) is 1. The first kappa shape index (κ1) is 14.1. The van der Waals surface area contributed by atoms with Gasteiger partial charge in [-0.15, -0.1) is 0 Å². The number of rotatable bonds is 7. The Hall–Kier alpha value is -0.860. The van der Waals surface area contributed by atoms with Crippen LogP contribution < -0.4 is 0 Å². The van der Waals surface area contributed by atoms with Gasteiger partial charge in [0.1, 0.15) is 5.78 Å². The Morgan fingerprint density at radius 1 is 1.27 bits per heavy atom. The van der Waals surface area contributed by atoms with Crippen molar-refractivity contribution in [3.63, 3.8) is 0 Å². The van der Waals surface area contributed by atoms with Crippen LogP contribution in [0.25, 0.3) is 0 Å². The SMILES string of the molecule is CC(=N)N(C)CCCCCC(=O)C(C)C. The molecule has 0 aliphatic carbocycles. The topological polar surface area (TPSA) is 44.2 Å². The highest BCUT2D eigenvalue weighted by Gasteiger charge is 2.06. The first-order valence-corrected chi connectivity index (χ1v) is 5.74. The fourth-order valence-electron chi connectivity index (χ4n) is 1.28. The van der Waals surface area contributed by atoms with E-state index >= 15 is 0 Å². The number of unbranched alkanes of at least 4 members (excludes halogenated alkanes) is 2. The Kier molecular flexibility index (Phi) is 7.01. The highest BCUT2D eigenvalue weighted by molar-refractivity contribution is 5.80. The third-order valence-corrected chi connectivity index (χ3v) is 2.63. The summed E-state index contributed by atoms with van der Waals surface area (Å²) < 4.78 is 0. The number of amidine groups is 1. The maximum absolute atomic E-state index is 11.3. The zero-order valence-corrected chi connectivity index (χ0v) is 10.5. The minimum Gasteiger partial charge on any atom is -0.364 e. The van der Waals surface area contributed by atoms with Gasteiger partial charge < -0.3 is 4.90 Å². The standard InChI is InChI=1S/C12H24N2O/c1-10(2)12(15)8-6-5-7-9-14(4)11(3)13/h10,13H,5-9H2,1-4H3. The second kappa shape index (κ2) is 7.43. The molecule has 0 heterocycles. The smallest absolute Gasteiger partial charge is 0.135 e. The minimum absolute atomic E-state index is 0.177. The van der Waals surface area contributed by atoms with Gasteiger partial charge in [0.2, 0.25) is 0 Å². The van der Waals surface area contributed by atoms with Crippen molar-refractivity contribution < 1.29 is 4.79 Å². The van der Waals surface area contributed by atoms with E-state index < -0.39 is 0 Å². The van der Waals surface area contributed by atoms with Gasteiger partial charge in [-0.2, -0.15) is 0 Å². The van der Waals surface area contributed by atoms with Gasteiger partial charge in [-0.05, 0) is 19.8 Å². The quantitative estimate of drug-likeness (QED) is 0.400. The predicted molar refractivity (Wildman–Crippen MR) is 64.3 cm³/mol. The summed E-state index contributed by atoms with van der Waals surface area (Å²) in [5.41, 5.74) is 0. The average molecular weight is 212 g/mol. The summed E-state index contributed by atoms with van der Waals surface area (Å²) in [6.45, 7) is 6.62. The van der Waals surface area contributed by atoms with Gasteiger partial charge in [0, 0.05) is 25.9 Å². The van der Waals surface area contributed by atoms with Crippen LogP contribution in [0.5, 0.6) is 0 Å². The molecule has 15 heavy (non-hydrogen) atoms. The molecule has 0 aliphatic rings. The van der Waals surface area contributed by atoms with Crippen molar-refractivity contribution in [3.05, 3.63) is 0 Å². The maximum Gasteiger partial charge on any atom is 0.135 e. The van der Waals surface area contributed by atoms with Crippen molar-refractivity contribution >= 4 is 11.6 Å². The second-order valence-corrected chi connectivity index (χ2v) is 4.44. The van der Waals surface area contributed by atoms with E-state index in [2.05, 4.69) is 0 Å². The summed E-state index contributed by atoms with van der Waals surface area (Å²) >= 11 is 0. The van der Waals surface area contributed by atoms with Gasteiger partial charge in [0.25, 0.3) is 0 Å². The van der Waals surface area contributed by atoms with Gasteiger partial charge in [0.15, 0.2) is 0 Å². The van der Waals surface area contributed by atoms with Crippen LogP contribution in [0.15, 0.2) is 0 Å². The lowest BCUT2D eigenvalue weighted by Crippen LogP contribution is -2.24. The Morgan fingerprint density at radius 2 is 1.87 bits per heavy atom. The molecule has 0 aromatic heterocycles. The minimum atomic E-state index is 0.177. The van der Waals surface area contributed by atoms with E-state index in [-0.39, 0.29) is 5.92 Å². The fourth-order valence-corrected chi connectivity index (χ4v) is 1.28. The zero-order chi connectivity index (χ0) is 11.8. The van der Waals surface area contributed by atoms with Crippen LogP contribution in [-0.4, -0.2) is 30.1 Å². The zero-order valence-electron chi connectivity index (χ0n) is 10.5. The summed E-state index contributed by atoms with van der Waals surface area (Å²) in [7, 11) is 1.93. The van der Waals surface area contributed by atoms with Crippen LogP contribution in [0.2, 0.25) is 0 Å². The van der Waals surface area contributed by atoms with Crippen molar-refractivity contribution in [2.45, 2.75) is 46.5 Å². The lowest BCUT2D eigenvalue weighted by molar-refractivity contribution is -0.122. The van der Waals surface area contributed by atoms with E-state index in [4.69, 9.17) is 5.41 Å². The molecule has 0 aromatic rings. The van der Waals surface area contributed by atoms with Crippen molar-refractivity contribution in [1.82, 2.24) is 4.90 Å². The molecule has 88 valence electrons. The molecular formula is C12H24N2O. The normalized spacial score (nSPS) is 10.5. The predicted octanol–water partition coefficient (Wildman–Crippen LogP) is 2.70. The molecule has 0 fully saturated rings. The summed E-state index contributed by atoms with van der Waals surface area (Å²) in [5, 5.41) is 7.38. The summed E-state index contributed by atoms with van der Waals surface area (Å²) in [6, 6.07) is 0. The van der Waals surface area contributed by atoms with E-state index in [1.54, 1.807) is 6.92 Å². The first-order valence-electron chi connectivity index (χ1n) is 5.74. The molecule has 0 spiro atoms. The summed E-state index contributed by atoms with van der Waals surface area (Å²) in [5.74, 6) is 1.15. The molecule has 1 N–H and O–H groups in total. The van der Waals surface area contributed by atoms with E-state index in [1.165, 1.54) is 0 Å². The molecule has 0 rings (SSSR count). The fraction of sp³-hybridized carbons (Fsp3) is 0.833. The summed E-state index contributed by atoms with van der Waals surface area (Å²) in [6.07, 6.45) is 3.85. The molecule has 0 amide bonds. The molecule has 0 bridgehead atoms. The number of Topliss-reactive ketones (excluding diaryl/α,β-unsaturated/α-hetero) is 1. The lowest BCUT2D eigenvalue weighted by Gasteiger charge is -2.16. The molecule has 0 aliphatic heterocycles. The van der Waals surface area contributed by atoms with Crippen LogP contribution in [0, 0.1) is 11.3 Å². The van der Waals surface area contributed by atoms with Crippen LogP contribution in [0.1, 0.15) is 46.5 Å². The number of hydrogen-bond acceptors (Lipinski definition) is 2. The second-order valence-electron chi connectivity index (χ2n) is 4.44. The van der Waals surface area contributed by atoms with Gasteiger partial charge in [-0.1, -0.05) is 20.3 Å². The van der Waals surface area contributed by atoms with E-state index in [9.17, 15) is 4.79 Å². The van der Waals surface area contributed by atoms with Crippen molar-refractivity contribution in [2.75, 3.05) is 13.6 Å². The Balaban J connectivity index is 3.40. The Bertz CT molecular complexity index is 212. The van der Waals surface area contributed by atoms with E-state index in [1.807, 2.05) is 25.8 Å². The largest absolute Gasteiger partial charge is 0.364 e. The molecule has 0 atom stereocenters. The van der Waals surface area contributed by atoms with Crippen LogP contribution >= 0.6 is 0 Å². The van der Waals surface area contributed by atoms with Gasteiger partial charge in [-0.25, -0.2) is 0 Å². The molecule has 0 unspecified atom stereocenters. The van der Waals surface area contributed by atoms with Gasteiger partial charge in [-0.3, -0.25) is 10.2 Å². The Labute approximate surface area is 93.4 Å². The van der Waals surface area contributed by atoms with Crippen molar-refractivity contribution in [1.29, 1.82) is 5.41 Å². The molecule has 3 heteroatoms. The van der Waals surface area contributed by atoms with Gasteiger partial charge >= 0.3 is 0 Å². The number of carbonyl (C=O) groups is 1.